The zero-order valence-electron chi connectivity index (χ0n) is 14.3. The largest absolute Gasteiger partial charge is 0.573 e. The van der Waals surface area contributed by atoms with Crippen molar-refractivity contribution < 1.29 is 22.7 Å². The van der Waals surface area contributed by atoms with Gasteiger partial charge in [-0.1, -0.05) is 12.1 Å². The molecule has 0 spiro atoms. The van der Waals surface area contributed by atoms with Gasteiger partial charge in [-0.15, -0.1) is 13.2 Å². The highest BCUT2D eigenvalue weighted by atomic mass is 19.4. The van der Waals surface area contributed by atoms with Crippen molar-refractivity contribution in [3.8, 4) is 5.75 Å². The Morgan fingerprint density at radius 1 is 1.00 bits per heavy atom. The number of alkyl halides is 3. The number of anilines is 1. The average Bonchev–Trinajstić information content (AvgIpc) is 2.61. The average molecular weight is 364 g/mol. The molecular formula is C19H19F3N2O2. The Kier molecular flexibility index (Phi) is 5.06. The summed E-state index contributed by atoms with van der Waals surface area (Å²) in [6, 6.07) is 13.2. The second-order valence-corrected chi connectivity index (χ2v) is 6.19. The van der Waals surface area contributed by atoms with Crippen LogP contribution in [0.4, 0.5) is 18.9 Å². The van der Waals surface area contributed by atoms with Gasteiger partial charge in [0.2, 0.25) is 0 Å². The van der Waals surface area contributed by atoms with Crippen LogP contribution in [0.3, 0.4) is 0 Å². The predicted octanol–water partition coefficient (Wildman–Crippen LogP) is 3.86. The third-order valence-electron chi connectivity index (χ3n) is 4.27. The number of aryl methyl sites for hydroxylation is 1. The Bertz CT molecular complexity index is 767. The first-order valence-corrected chi connectivity index (χ1v) is 8.28. The van der Waals surface area contributed by atoms with Gasteiger partial charge in [-0.2, -0.15) is 0 Å². The van der Waals surface area contributed by atoms with E-state index in [4.69, 9.17) is 0 Å². The van der Waals surface area contributed by atoms with E-state index in [1.165, 1.54) is 17.7 Å². The van der Waals surface area contributed by atoms with Crippen LogP contribution in [-0.2, 0) is 0 Å². The van der Waals surface area contributed by atoms with Crippen LogP contribution in [-0.4, -0.2) is 43.3 Å². The molecule has 0 aromatic heterocycles. The molecule has 138 valence electrons. The minimum atomic E-state index is -4.74. The third-order valence-corrected chi connectivity index (χ3v) is 4.27. The lowest BCUT2D eigenvalue weighted by molar-refractivity contribution is -0.274. The summed E-state index contributed by atoms with van der Waals surface area (Å²) in [7, 11) is 0. The Labute approximate surface area is 149 Å². The summed E-state index contributed by atoms with van der Waals surface area (Å²) < 4.78 is 40.4. The number of rotatable bonds is 3. The van der Waals surface area contributed by atoms with Crippen molar-refractivity contribution in [2.24, 2.45) is 0 Å². The Morgan fingerprint density at radius 2 is 1.65 bits per heavy atom. The van der Waals surface area contributed by atoms with Gasteiger partial charge in [0.1, 0.15) is 5.75 Å². The van der Waals surface area contributed by atoms with E-state index in [1.807, 2.05) is 25.1 Å². The topological polar surface area (TPSA) is 32.8 Å². The monoisotopic (exact) mass is 364 g/mol. The molecule has 0 radical (unpaired) electrons. The van der Waals surface area contributed by atoms with Crippen LogP contribution in [0, 0.1) is 6.92 Å². The molecule has 26 heavy (non-hydrogen) atoms. The molecule has 0 saturated carbocycles. The number of halogens is 3. The minimum absolute atomic E-state index is 0.188. The smallest absolute Gasteiger partial charge is 0.406 e. The number of amides is 1. The fourth-order valence-electron chi connectivity index (χ4n) is 2.97. The molecule has 0 aliphatic carbocycles. The van der Waals surface area contributed by atoms with E-state index in [1.54, 1.807) is 4.90 Å². The van der Waals surface area contributed by atoms with Gasteiger partial charge >= 0.3 is 6.36 Å². The van der Waals surface area contributed by atoms with Gasteiger partial charge in [-0.05, 0) is 48.9 Å². The highest BCUT2D eigenvalue weighted by Crippen LogP contribution is 2.23. The first-order valence-electron chi connectivity index (χ1n) is 8.28. The summed E-state index contributed by atoms with van der Waals surface area (Å²) in [5.41, 5.74) is 2.66. The van der Waals surface area contributed by atoms with Gasteiger partial charge < -0.3 is 14.5 Å². The van der Waals surface area contributed by atoms with E-state index in [-0.39, 0.29) is 11.7 Å². The molecule has 7 heteroatoms. The van der Waals surface area contributed by atoms with Crippen molar-refractivity contribution in [2.75, 3.05) is 31.1 Å². The molecule has 4 nitrogen and oxygen atoms in total. The number of piperazine rings is 1. The van der Waals surface area contributed by atoms with E-state index < -0.39 is 6.36 Å². The van der Waals surface area contributed by atoms with Gasteiger partial charge in [0.25, 0.3) is 5.91 Å². The zero-order chi connectivity index (χ0) is 18.7. The molecule has 1 saturated heterocycles. The van der Waals surface area contributed by atoms with Crippen LogP contribution in [0.1, 0.15) is 15.9 Å². The van der Waals surface area contributed by atoms with Crippen molar-refractivity contribution in [3.63, 3.8) is 0 Å². The van der Waals surface area contributed by atoms with Crippen molar-refractivity contribution >= 4 is 11.6 Å². The summed E-state index contributed by atoms with van der Waals surface area (Å²) in [4.78, 5) is 16.5. The van der Waals surface area contributed by atoms with E-state index in [9.17, 15) is 18.0 Å². The predicted molar refractivity (Wildman–Crippen MR) is 92.4 cm³/mol. The fourth-order valence-corrected chi connectivity index (χ4v) is 2.97. The van der Waals surface area contributed by atoms with E-state index in [2.05, 4.69) is 15.7 Å². The first-order chi connectivity index (χ1) is 12.3. The fraction of sp³-hybridized carbons (Fsp3) is 0.316. The molecule has 2 aromatic rings. The lowest BCUT2D eigenvalue weighted by Crippen LogP contribution is -2.48. The SMILES string of the molecule is Cc1cccc(N2CCN(C(=O)c3ccc(OC(F)(F)F)cc3)CC2)c1. The molecule has 3 rings (SSSR count). The minimum Gasteiger partial charge on any atom is -0.406 e. The molecule has 1 aliphatic heterocycles. The lowest BCUT2D eigenvalue weighted by atomic mass is 10.1. The molecule has 1 fully saturated rings. The Morgan fingerprint density at radius 3 is 2.23 bits per heavy atom. The second kappa shape index (κ2) is 7.27. The number of hydrogen-bond donors (Lipinski definition) is 0. The highest BCUT2D eigenvalue weighted by molar-refractivity contribution is 5.94. The quantitative estimate of drug-likeness (QED) is 0.829. The molecule has 1 amide bonds. The number of carbonyl (C=O) groups is 1. The summed E-state index contributed by atoms with van der Waals surface area (Å²) in [5.74, 6) is -0.522. The highest BCUT2D eigenvalue weighted by Gasteiger charge is 2.31. The van der Waals surface area contributed by atoms with Crippen LogP contribution in [0.5, 0.6) is 5.75 Å². The standard InChI is InChI=1S/C19H19F3N2O2/c1-14-3-2-4-16(13-14)23-9-11-24(12-10-23)18(25)15-5-7-17(8-6-15)26-19(20,21)22/h2-8,13H,9-12H2,1H3. The number of ether oxygens (including phenoxy) is 1. The molecule has 1 aliphatic rings. The van der Waals surface area contributed by atoms with Crippen LogP contribution in [0.25, 0.3) is 0 Å². The van der Waals surface area contributed by atoms with Crippen molar-refractivity contribution in [1.29, 1.82) is 0 Å². The van der Waals surface area contributed by atoms with Crippen LogP contribution < -0.4 is 9.64 Å². The normalized spacial score (nSPS) is 15.1. The van der Waals surface area contributed by atoms with Crippen molar-refractivity contribution in [3.05, 3.63) is 59.7 Å². The molecule has 0 N–H and O–H groups in total. The summed E-state index contributed by atoms with van der Waals surface area (Å²) in [6.07, 6.45) is -4.74. The molecular weight excluding hydrogens is 345 g/mol. The summed E-state index contributed by atoms with van der Waals surface area (Å²) >= 11 is 0. The van der Waals surface area contributed by atoms with Crippen molar-refractivity contribution in [2.45, 2.75) is 13.3 Å². The molecule has 2 aromatic carbocycles. The van der Waals surface area contributed by atoms with E-state index in [0.717, 1.165) is 17.8 Å². The van der Waals surface area contributed by atoms with E-state index >= 15 is 0 Å². The number of carbonyl (C=O) groups excluding carboxylic acids is 1. The van der Waals surface area contributed by atoms with Crippen molar-refractivity contribution in [1.82, 2.24) is 4.90 Å². The lowest BCUT2D eigenvalue weighted by Gasteiger charge is -2.36. The Balaban J connectivity index is 1.60. The molecule has 1 heterocycles. The maximum absolute atomic E-state index is 12.5. The van der Waals surface area contributed by atoms with Crippen LogP contribution in [0.15, 0.2) is 48.5 Å². The first kappa shape index (κ1) is 18.1. The van der Waals surface area contributed by atoms with Gasteiger partial charge in [0, 0.05) is 37.4 Å². The Hall–Kier alpha value is -2.70. The van der Waals surface area contributed by atoms with Gasteiger partial charge in [-0.25, -0.2) is 0 Å². The molecule has 0 unspecified atom stereocenters. The maximum atomic E-state index is 12.5. The molecule has 0 bridgehead atoms. The summed E-state index contributed by atoms with van der Waals surface area (Å²) in [6.45, 7) is 4.59. The zero-order valence-corrected chi connectivity index (χ0v) is 14.3. The second-order valence-electron chi connectivity index (χ2n) is 6.19. The third kappa shape index (κ3) is 4.47. The summed E-state index contributed by atoms with van der Waals surface area (Å²) in [5, 5.41) is 0. The number of hydrogen-bond acceptors (Lipinski definition) is 3. The molecule has 0 atom stereocenters. The van der Waals surface area contributed by atoms with Gasteiger partial charge in [-0.3, -0.25) is 4.79 Å². The van der Waals surface area contributed by atoms with Gasteiger partial charge in [0.05, 0.1) is 0 Å². The van der Waals surface area contributed by atoms with Crippen LogP contribution >= 0.6 is 0 Å². The maximum Gasteiger partial charge on any atom is 0.573 e. The van der Waals surface area contributed by atoms with E-state index in [0.29, 0.717) is 31.7 Å². The number of benzene rings is 2. The van der Waals surface area contributed by atoms with Crippen LogP contribution in [0.2, 0.25) is 0 Å². The number of nitrogens with zero attached hydrogens (tertiary/aromatic N) is 2. The van der Waals surface area contributed by atoms with Gasteiger partial charge in [0.15, 0.2) is 0 Å².